The van der Waals surface area contributed by atoms with Crippen molar-refractivity contribution in [1.82, 2.24) is 5.32 Å². The Morgan fingerprint density at radius 2 is 1.58 bits per heavy atom. The van der Waals surface area contributed by atoms with E-state index in [0.717, 1.165) is 0 Å². The van der Waals surface area contributed by atoms with Gasteiger partial charge in [-0.3, -0.25) is 9.59 Å². The van der Waals surface area contributed by atoms with Crippen LogP contribution in [0.4, 0.5) is 0 Å². The number of rotatable bonds is 10. The van der Waals surface area contributed by atoms with Gasteiger partial charge in [0, 0.05) is 5.92 Å². The fraction of sp³-hybridized carbons (Fsp3) is 0.875. The molecule has 0 aromatic rings. The molecule has 0 aromatic carbocycles. The van der Waals surface area contributed by atoms with Crippen molar-refractivity contribution in [2.24, 2.45) is 17.4 Å². The third kappa shape index (κ3) is 6.96. The Morgan fingerprint density at radius 3 is 1.96 bits per heavy atom. The van der Waals surface area contributed by atoms with E-state index in [1.807, 2.05) is 13.8 Å². The summed E-state index contributed by atoms with van der Waals surface area (Å²) in [5.74, 6) is -2.70. The molecule has 1 aliphatic rings. The van der Waals surface area contributed by atoms with Crippen LogP contribution in [0.15, 0.2) is 0 Å². The molecule has 0 aliphatic carbocycles. The maximum atomic E-state index is 12.8. The lowest BCUT2D eigenvalue weighted by Gasteiger charge is -2.32. The minimum absolute atomic E-state index is 0. The predicted octanol–water partition coefficient (Wildman–Crippen LogP) is 0.965. The maximum absolute atomic E-state index is 12.8. The Morgan fingerprint density at radius 1 is 1.12 bits per heavy atom. The van der Waals surface area contributed by atoms with Crippen LogP contribution in [0.5, 0.6) is 0 Å². The van der Waals surface area contributed by atoms with Crippen molar-refractivity contribution in [2.45, 2.75) is 63.2 Å². The first-order valence-corrected chi connectivity index (χ1v) is 10.5. The molecule has 0 spiro atoms. The number of Topliss-reactive ketones (excluding diaryl/α,β-unsaturated/α-hetero) is 1. The van der Waals surface area contributed by atoms with Crippen LogP contribution in [0, 0.1) is 5.92 Å². The number of nitrogens with one attached hydrogen (secondary N) is 1. The van der Waals surface area contributed by atoms with Gasteiger partial charge in [0.05, 0.1) is 11.0 Å². The van der Waals surface area contributed by atoms with Gasteiger partial charge in [-0.15, -0.1) is 24.8 Å². The molecule has 1 unspecified atom stereocenters. The highest BCUT2D eigenvalue weighted by Gasteiger charge is 2.48. The smallest absolute Gasteiger partial charge is 0.246 e. The highest BCUT2D eigenvalue weighted by atomic mass is 35.5. The Bertz CT molecular complexity index is 548. The summed E-state index contributed by atoms with van der Waals surface area (Å²) in [6.45, 7) is 5.10. The van der Waals surface area contributed by atoms with Crippen molar-refractivity contribution >= 4 is 46.3 Å². The summed E-state index contributed by atoms with van der Waals surface area (Å²) in [5, 5.41) is 2.54. The van der Waals surface area contributed by atoms with Crippen molar-refractivity contribution in [1.29, 1.82) is 0 Å². The van der Waals surface area contributed by atoms with E-state index in [-0.39, 0.29) is 24.8 Å². The zero-order valence-electron chi connectivity index (χ0n) is 15.5. The lowest BCUT2D eigenvalue weighted by molar-refractivity contribution is -0.136. The second kappa shape index (κ2) is 12.1. The van der Waals surface area contributed by atoms with Gasteiger partial charge in [0.25, 0.3) is 0 Å². The molecule has 5 N–H and O–H groups in total. The molecular weight excluding hydrogens is 401 g/mol. The fourth-order valence-corrected chi connectivity index (χ4v) is 5.64. The third-order valence-electron chi connectivity index (χ3n) is 4.75. The van der Waals surface area contributed by atoms with Gasteiger partial charge in [0.15, 0.2) is 21.2 Å². The SMILES string of the molecule is CCCC(CCC)S(=O)(=O)CC(N)(C(N)=O)C(=O)C1CCNCC1.Cl.Cl. The molecule has 1 aliphatic heterocycles. The molecule has 26 heavy (non-hydrogen) atoms. The molecular formula is C16H33Cl2N3O4S. The highest BCUT2D eigenvalue weighted by molar-refractivity contribution is 7.92. The number of hydrogen-bond donors (Lipinski definition) is 3. The molecule has 1 amide bonds. The van der Waals surface area contributed by atoms with E-state index in [0.29, 0.717) is 51.6 Å². The number of ketones is 1. The molecule has 156 valence electrons. The number of nitrogens with two attached hydrogens (primary N) is 2. The van der Waals surface area contributed by atoms with Crippen LogP contribution in [0.2, 0.25) is 0 Å². The predicted molar refractivity (Wildman–Crippen MR) is 109 cm³/mol. The van der Waals surface area contributed by atoms with E-state index >= 15 is 0 Å². The zero-order valence-corrected chi connectivity index (χ0v) is 18.0. The molecule has 1 heterocycles. The van der Waals surface area contributed by atoms with E-state index in [2.05, 4.69) is 5.32 Å². The Kier molecular flexibility index (Phi) is 13.0. The molecule has 10 heteroatoms. The fourth-order valence-electron chi connectivity index (χ4n) is 3.29. The summed E-state index contributed by atoms with van der Waals surface area (Å²) < 4.78 is 25.5. The first-order valence-electron chi connectivity index (χ1n) is 8.74. The van der Waals surface area contributed by atoms with Crippen LogP contribution >= 0.6 is 24.8 Å². The Balaban J connectivity index is 0. The highest BCUT2D eigenvalue weighted by Crippen LogP contribution is 2.24. The lowest BCUT2D eigenvalue weighted by atomic mass is 9.82. The Hall–Kier alpha value is -0.410. The molecule has 0 aromatic heterocycles. The number of amides is 1. The van der Waals surface area contributed by atoms with Crippen LogP contribution in [0.1, 0.15) is 52.4 Å². The number of carbonyl (C=O) groups is 2. The van der Waals surface area contributed by atoms with Gasteiger partial charge in [-0.25, -0.2) is 8.42 Å². The van der Waals surface area contributed by atoms with Crippen molar-refractivity contribution in [3.8, 4) is 0 Å². The standard InChI is InChI=1S/C16H31N3O4S.2ClH/c1-3-5-13(6-4-2)24(22,23)11-16(18,15(17)21)14(20)12-7-9-19-10-8-12;;/h12-13,19H,3-11,18H2,1-2H3,(H2,17,21);2*1H. The molecule has 0 bridgehead atoms. The normalized spacial score (nSPS) is 17.7. The van der Waals surface area contributed by atoms with E-state index in [1.54, 1.807) is 0 Å². The summed E-state index contributed by atoms with van der Waals surface area (Å²) in [7, 11) is -3.70. The quantitative estimate of drug-likeness (QED) is 0.439. The molecule has 1 atom stereocenters. The summed E-state index contributed by atoms with van der Waals surface area (Å²) in [6.07, 6.45) is 3.48. The zero-order chi connectivity index (χ0) is 18.4. The minimum atomic E-state index is -3.70. The molecule has 1 fully saturated rings. The van der Waals surface area contributed by atoms with Gasteiger partial charge in [0.1, 0.15) is 0 Å². The first-order chi connectivity index (χ1) is 11.2. The molecule has 7 nitrogen and oxygen atoms in total. The summed E-state index contributed by atoms with van der Waals surface area (Å²) in [4.78, 5) is 24.7. The average Bonchev–Trinajstić information content (AvgIpc) is 2.54. The van der Waals surface area contributed by atoms with E-state index in [9.17, 15) is 18.0 Å². The summed E-state index contributed by atoms with van der Waals surface area (Å²) >= 11 is 0. The van der Waals surface area contributed by atoms with Crippen LogP contribution in [0.25, 0.3) is 0 Å². The van der Waals surface area contributed by atoms with E-state index < -0.39 is 44.0 Å². The summed E-state index contributed by atoms with van der Waals surface area (Å²) in [6, 6.07) is 0. The second-order valence-electron chi connectivity index (χ2n) is 6.73. The van der Waals surface area contributed by atoms with Gasteiger partial charge in [-0.1, -0.05) is 26.7 Å². The molecule has 0 saturated carbocycles. The van der Waals surface area contributed by atoms with Crippen LogP contribution < -0.4 is 16.8 Å². The monoisotopic (exact) mass is 433 g/mol. The van der Waals surface area contributed by atoms with Crippen LogP contribution in [-0.2, 0) is 19.4 Å². The van der Waals surface area contributed by atoms with Gasteiger partial charge in [-0.05, 0) is 38.8 Å². The van der Waals surface area contributed by atoms with E-state index in [4.69, 9.17) is 11.5 Å². The minimum Gasteiger partial charge on any atom is -0.368 e. The van der Waals surface area contributed by atoms with Crippen molar-refractivity contribution < 1.29 is 18.0 Å². The number of sulfone groups is 1. The van der Waals surface area contributed by atoms with Gasteiger partial charge in [-0.2, -0.15) is 0 Å². The van der Waals surface area contributed by atoms with E-state index in [1.165, 1.54) is 0 Å². The van der Waals surface area contributed by atoms with Crippen molar-refractivity contribution in [3.63, 3.8) is 0 Å². The topological polar surface area (TPSA) is 132 Å². The lowest BCUT2D eigenvalue weighted by Crippen LogP contribution is -2.65. The molecule has 0 radical (unpaired) electrons. The number of halogens is 2. The van der Waals surface area contributed by atoms with Crippen LogP contribution in [-0.4, -0.2) is 49.7 Å². The number of primary amides is 1. The Labute approximate surface area is 169 Å². The van der Waals surface area contributed by atoms with Gasteiger partial charge in [0.2, 0.25) is 5.91 Å². The largest absolute Gasteiger partial charge is 0.368 e. The third-order valence-corrected chi connectivity index (χ3v) is 7.09. The maximum Gasteiger partial charge on any atom is 0.246 e. The van der Waals surface area contributed by atoms with Gasteiger partial charge < -0.3 is 16.8 Å². The first kappa shape index (κ1) is 27.8. The molecule has 1 saturated heterocycles. The van der Waals surface area contributed by atoms with Crippen molar-refractivity contribution in [2.75, 3.05) is 18.8 Å². The number of hydrogen-bond acceptors (Lipinski definition) is 6. The second-order valence-corrected chi connectivity index (χ2v) is 9.01. The summed E-state index contributed by atoms with van der Waals surface area (Å²) in [5.41, 5.74) is 9.24. The molecule has 1 rings (SSSR count). The van der Waals surface area contributed by atoms with Gasteiger partial charge >= 0.3 is 0 Å². The van der Waals surface area contributed by atoms with Crippen LogP contribution in [0.3, 0.4) is 0 Å². The van der Waals surface area contributed by atoms with Crippen molar-refractivity contribution in [3.05, 3.63) is 0 Å². The average molecular weight is 434 g/mol. The number of piperidine rings is 1. The number of carbonyl (C=O) groups excluding carboxylic acids is 2.